The van der Waals surface area contributed by atoms with Gasteiger partial charge in [0.25, 0.3) is 0 Å². The fourth-order valence-corrected chi connectivity index (χ4v) is 2.84. The van der Waals surface area contributed by atoms with Crippen molar-refractivity contribution >= 4 is 23.1 Å². The maximum absolute atomic E-state index is 14.1. The number of nitro benzene ring substituents is 1. The molecule has 0 unspecified atom stereocenters. The van der Waals surface area contributed by atoms with E-state index in [1.54, 1.807) is 18.2 Å². The monoisotopic (exact) mass is 415 g/mol. The van der Waals surface area contributed by atoms with Crippen LogP contribution in [0.3, 0.4) is 0 Å². The molecule has 0 aliphatic carbocycles. The molecule has 3 aromatic rings. The van der Waals surface area contributed by atoms with Crippen LogP contribution >= 0.6 is 11.6 Å². The normalized spacial score (nSPS) is 10.4. The number of ketones is 1. The van der Waals surface area contributed by atoms with Gasteiger partial charge in [-0.25, -0.2) is 4.39 Å². The van der Waals surface area contributed by atoms with Gasteiger partial charge in [-0.3, -0.25) is 14.9 Å². The Kier molecular flexibility index (Phi) is 6.09. The first-order valence-electron chi connectivity index (χ1n) is 8.43. The second kappa shape index (κ2) is 8.70. The number of nitro groups is 1. The Morgan fingerprint density at radius 3 is 2.48 bits per heavy atom. The quantitative estimate of drug-likeness (QED) is 0.296. The van der Waals surface area contributed by atoms with Gasteiger partial charge in [-0.1, -0.05) is 35.9 Å². The Morgan fingerprint density at radius 2 is 1.83 bits per heavy atom. The van der Waals surface area contributed by atoms with Crippen LogP contribution in [0, 0.1) is 15.9 Å². The Balaban J connectivity index is 1.74. The minimum Gasteiger partial charge on any atom is -0.497 e. The van der Waals surface area contributed by atoms with Crippen LogP contribution in [0.1, 0.15) is 10.4 Å². The molecule has 0 aliphatic rings. The summed E-state index contributed by atoms with van der Waals surface area (Å²) in [7, 11) is 1.49. The van der Waals surface area contributed by atoms with E-state index in [2.05, 4.69) is 0 Å². The van der Waals surface area contributed by atoms with Crippen molar-refractivity contribution in [2.75, 3.05) is 13.7 Å². The SMILES string of the molecule is COc1ccc(F)c(-c2ccc(C(=O)COc3ccc(Cl)cc3[N+](=O)[O-])cc2)c1. The van der Waals surface area contributed by atoms with Crippen LogP contribution in [0.5, 0.6) is 11.5 Å². The zero-order chi connectivity index (χ0) is 21.0. The number of ether oxygens (including phenoxy) is 2. The molecule has 0 amide bonds. The first kappa shape index (κ1) is 20.3. The number of halogens is 2. The maximum atomic E-state index is 14.1. The van der Waals surface area contributed by atoms with Crippen molar-refractivity contribution in [2.24, 2.45) is 0 Å². The van der Waals surface area contributed by atoms with E-state index in [0.29, 0.717) is 22.4 Å². The molecule has 0 saturated carbocycles. The summed E-state index contributed by atoms with van der Waals surface area (Å²) in [6, 6.07) is 14.6. The molecule has 0 atom stereocenters. The molecule has 0 bridgehead atoms. The number of benzene rings is 3. The van der Waals surface area contributed by atoms with Crippen molar-refractivity contribution in [3.63, 3.8) is 0 Å². The van der Waals surface area contributed by atoms with Crippen molar-refractivity contribution in [3.05, 3.63) is 87.2 Å². The number of carbonyl (C=O) groups excluding carboxylic acids is 1. The highest BCUT2D eigenvalue weighted by Gasteiger charge is 2.17. The largest absolute Gasteiger partial charge is 0.497 e. The van der Waals surface area contributed by atoms with E-state index in [1.807, 2.05) is 0 Å². The standard InChI is InChI=1S/C21H15ClFNO5/c1-28-16-7-8-18(23)17(11-16)13-2-4-14(5-3-13)20(25)12-29-21-9-6-15(22)10-19(21)24(26)27/h2-11H,12H2,1H3. The van der Waals surface area contributed by atoms with Crippen LogP contribution in [-0.4, -0.2) is 24.4 Å². The highest BCUT2D eigenvalue weighted by atomic mass is 35.5. The van der Waals surface area contributed by atoms with Crippen LogP contribution in [0.25, 0.3) is 11.1 Å². The molecule has 0 aliphatic heterocycles. The lowest BCUT2D eigenvalue weighted by molar-refractivity contribution is -0.385. The van der Waals surface area contributed by atoms with Gasteiger partial charge in [-0.05, 0) is 35.9 Å². The van der Waals surface area contributed by atoms with Crippen molar-refractivity contribution in [1.29, 1.82) is 0 Å². The van der Waals surface area contributed by atoms with Crippen molar-refractivity contribution in [1.82, 2.24) is 0 Å². The lowest BCUT2D eigenvalue weighted by atomic mass is 10.0. The van der Waals surface area contributed by atoms with Gasteiger partial charge in [0.2, 0.25) is 0 Å². The van der Waals surface area contributed by atoms with E-state index in [4.69, 9.17) is 21.1 Å². The van der Waals surface area contributed by atoms with Gasteiger partial charge in [0.15, 0.2) is 18.1 Å². The number of methoxy groups -OCH3 is 1. The molecule has 0 radical (unpaired) electrons. The minimum atomic E-state index is -0.636. The Morgan fingerprint density at radius 1 is 1.10 bits per heavy atom. The van der Waals surface area contributed by atoms with Crippen LogP contribution in [0.15, 0.2) is 60.7 Å². The van der Waals surface area contributed by atoms with Crippen LogP contribution in [-0.2, 0) is 0 Å². The molecule has 0 spiro atoms. The van der Waals surface area contributed by atoms with Gasteiger partial charge < -0.3 is 9.47 Å². The van der Waals surface area contributed by atoms with Gasteiger partial charge in [0, 0.05) is 22.2 Å². The lowest BCUT2D eigenvalue weighted by Gasteiger charge is -2.09. The number of carbonyl (C=O) groups is 1. The maximum Gasteiger partial charge on any atom is 0.312 e. The van der Waals surface area contributed by atoms with Crippen molar-refractivity contribution in [2.45, 2.75) is 0 Å². The van der Waals surface area contributed by atoms with E-state index in [0.717, 1.165) is 6.07 Å². The number of hydrogen-bond acceptors (Lipinski definition) is 5. The fraction of sp³-hybridized carbons (Fsp3) is 0.0952. The summed E-state index contributed by atoms with van der Waals surface area (Å²) in [4.78, 5) is 22.8. The first-order chi connectivity index (χ1) is 13.9. The van der Waals surface area contributed by atoms with Crippen molar-refractivity contribution < 1.29 is 23.6 Å². The van der Waals surface area contributed by atoms with Crippen LogP contribution < -0.4 is 9.47 Å². The van der Waals surface area contributed by atoms with E-state index >= 15 is 0 Å². The molecule has 0 heterocycles. The van der Waals surface area contributed by atoms with E-state index < -0.39 is 17.3 Å². The third-order valence-corrected chi connectivity index (χ3v) is 4.40. The Labute approximate surface area is 170 Å². The first-order valence-corrected chi connectivity index (χ1v) is 8.80. The molecule has 0 aromatic heterocycles. The van der Waals surface area contributed by atoms with Gasteiger partial charge in [0.1, 0.15) is 11.6 Å². The third-order valence-electron chi connectivity index (χ3n) is 4.17. The predicted octanol–water partition coefficient (Wildman–Crippen LogP) is 5.32. The summed E-state index contributed by atoms with van der Waals surface area (Å²) in [6.45, 7) is -0.394. The summed E-state index contributed by atoms with van der Waals surface area (Å²) >= 11 is 5.75. The molecule has 0 N–H and O–H groups in total. The molecule has 148 valence electrons. The van der Waals surface area contributed by atoms with Gasteiger partial charge in [-0.2, -0.15) is 0 Å². The highest BCUT2D eigenvalue weighted by Crippen LogP contribution is 2.30. The second-order valence-electron chi connectivity index (χ2n) is 6.00. The van der Waals surface area contributed by atoms with Crippen molar-refractivity contribution in [3.8, 4) is 22.6 Å². The van der Waals surface area contributed by atoms with Gasteiger partial charge in [-0.15, -0.1) is 0 Å². The molecule has 8 heteroatoms. The molecule has 3 rings (SSSR count). The smallest absolute Gasteiger partial charge is 0.312 e. The summed E-state index contributed by atoms with van der Waals surface area (Å²) in [5.74, 6) is -0.336. The van der Waals surface area contributed by atoms with Gasteiger partial charge >= 0.3 is 5.69 Å². The van der Waals surface area contributed by atoms with Crippen LogP contribution in [0.2, 0.25) is 5.02 Å². The summed E-state index contributed by atoms with van der Waals surface area (Å²) in [6.07, 6.45) is 0. The summed E-state index contributed by atoms with van der Waals surface area (Å²) < 4.78 is 24.5. The number of hydrogen-bond donors (Lipinski definition) is 0. The molecule has 6 nitrogen and oxygen atoms in total. The zero-order valence-corrected chi connectivity index (χ0v) is 16.0. The number of Topliss-reactive ketones (excluding diaryl/α,β-unsaturated/α-hetero) is 1. The molecular formula is C21H15ClFNO5. The molecule has 0 fully saturated rings. The topological polar surface area (TPSA) is 78.7 Å². The zero-order valence-electron chi connectivity index (χ0n) is 15.2. The van der Waals surface area contributed by atoms with E-state index in [1.165, 1.54) is 43.5 Å². The second-order valence-corrected chi connectivity index (χ2v) is 6.44. The Bertz CT molecular complexity index is 1070. The molecule has 29 heavy (non-hydrogen) atoms. The highest BCUT2D eigenvalue weighted by molar-refractivity contribution is 6.30. The summed E-state index contributed by atoms with van der Waals surface area (Å²) in [5.41, 5.74) is 0.923. The number of rotatable bonds is 7. The fourth-order valence-electron chi connectivity index (χ4n) is 2.67. The molecule has 0 saturated heterocycles. The average molecular weight is 416 g/mol. The van der Waals surface area contributed by atoms with Crippen LogP contribution in [0.4, 0.5) is 10.1 Å². The molecular weight excluding hydrogens is 401 g/mol. The third kappa shape index (κ3) is 4.70. The predicted molar refractivity (Wildman–Crippen MR) is 106 cm³/mol. The molecule has 3 aromatic carbocycles. The number of nitrogens with zero attached hydrogens (tertiary/aromatic N) is 1. The van der Waals surface area contributed by atoms with E-state index in [-0.39, 0.29) is 22.2 Å². The lowest BCUT2D eigenvalue weighted by Crippen LogP contribution is -2.12. The Hall–Kier alpha value is -3.45. The minimum absolute atomic E-state index is 0.0529. The van der Waals surface area contributed by atoms with Gasteiger partial charge in [0.05, 0.1) is 12.0 Å². The average Bonchev–Trinajstić information content (AvgIpc) is 2.73. The summed E-state index contributed by atoms with van der Waals surface area (Å²) in [5, 5.41) is 11.3. The van der Waals surface area contributed by atoms with E-state index in [9.17, 15) is 19.3 Å².